The van der Waals surface area contributed by atoms with Crippen LogP contribution >= 0.6 is 11.3 Å². The second-order valence-corrected chi connectivity index (χ2v) is 6.26. The van der Waals surface area contributed by atoms with E-state index in [9.17, 15) is 4.79 Å². The fourth-order valence-electron chi connectivity index (χ4n) is 2.62. The van der Waals surface area contributed by atoms with Crippen molar-refractivity contribution < 1.29 is 9.21 Å². The SMILES string of the molecule is Cc1cc(-c2csc(NC(=O)C3CCCNC3)n2)c(C)o1. The van der Waals surface area contributed by atoms with Crippen LogP contribution in [0.5, 0.6) is 0 Å². The molecule has 0 aromatic carbocycles. The first kappa shape index (κ1) is 14.3. The van der Waals surface area contributed by atoms with Gasteiger partial charge in [0.05, 0.1) is 11.6 Å². The van der Waals surface area contributed by atoms with Crippen LogP contribution in [0.15, 0.2) is 15.9 Å². The zero-order valence-electron chi connectivity index (χ0n) is 12.2. The summed E-state index contributed by atoms with van der Waals surface area (Å²) in [5, 5.41) is 8.78. The zero-order chi connectivity index (χ0) is 14.8. The summed E-state index contributed by atoms with van der Waals surface area (Å²) in [7, 11) is 0. The van der Waals surface area contributed by atoms with Crippen molar-refractivity contribution >= 4 is 22.4 Å². The smallest absolute Gasteiger partial charge is 0.230 e. The van der Waals surface area contributed by atoms with E-state index >= 15 is 0 Å². The van der Waals surface area contributed by atoms with Crippen LogP contribution in [0.1, 0.15) is 24.4 Å². The van der Waals surface area contributed by atoms with Gasteiger partial charge in [-0.1, -0.05) is 0 Å². The van der Waals surface area contributed by atoms with Crippen LogP contribution in [0.25, 0.3) is 11.3 Å². The number of nitrogens with one attached hydrogen (secondary N) is 2. The molecule has 3 heterocycles. The van der Waals surface area contributed by atoms with Gasteiger partial charge in [-0.05, 0) is 39.3 Å². The van der Waals surface area contributed by atoms with Crippen LogP contribution in [-0.4, -0.2) is 24.0 Å². The van der Waals surface area contributed by atoms with Gasteiger partial charge in [0.2, 0.25) is 5.91 Å². The van der Waals surface area contributed by atoms with Crippen LogP contribution in [0.4, 0.5) is 5.13 Å². The maximum atomic E-state index is 12.2. The quantitative estimate of drug-likeness (QED) is 0.915. The zero-order valence-corrected chi connectivity index (χ0v) is 13.0. The average Bonchev–Trinajstić information content (AvgIpc) is 3.06. The van der Waals surface area contributed by atoms with Crippen molar-refractivity contribution in [1.29, 1.82) is 0 Å². The minimum atomic E-state index is 0.0454. The van der Waals surface area contributed by atoms with Gasteiger partial charge < -0.3 is 15.1 Å². The van der Waals surface area contributed by atoms with Crippen LogP contribution in [-0.2, 0) is 4.79 Å². The lowest BCUT2D eigenvalue weighted by atomic mass is 9.99. The summed E-state index contributed by atoms with van der Waals surface area (Å²) in [6.45, 7) is 5.60. The summed E-state index contributed by atoms with van der Waals surface area (Å²) in [5.74, 6) is 1.83. The average molecular weight is 305 g/mol. The third kappa shape index (κ3) is 3.16. The Kier molecular flexibility index (Phi) is 4.07. The van der Waals surface area contributed by atoms with Crippen LogP contribution < -0.4 is 10.6 Å². The molecule has 0 saturated carbocycles. The van der Waals surface area contributed by atoms with Gasteiger partial charge in [-0.3, -0.25) is 4.79 Å². The number of rotatable bonds is 3. The number of amides is 1. The van der Waals surface area contributed by atoms with Crippen molar-refractivity contribution in [1.82, 2.24) is 10.3 Å². The molecule has 2 aromatic heterocycles. The minimum absolute atomic E-state index is 0.0454. The molecule has 1 aliphatic rings. The molecule has 1 aliphatic heterocycles. The van der Waals surface area contributed by atoms with E-state index in [-0.39, 0.29) is 11.8 Å². The van der Waals surface area contributed by atoms with Crippen molar-refractivity contribution in [2.45, 2.75) is 26.7 Å². The normalized spacial score (nSPS) is 18.7. The number of hydrogen-bond donors (Lipinski definition) is 2. The highest BCUT2D eigenvalue weighted by Gasteiger charge is 2.22. The molecule has 3 rings (SSSR count). The van der Waals surface area contributed by atoms with Gasteiger partial charge in [0.25, 0.3) is 0 Å². The molecule has 2 aromatic rings. The monoisotopic (exact) mass is 305 g/mol. The molecule has 0 bridgehead atoms. The maximum Gasteiger partial charge on any atom is 0.230 e. The van der Waals surface area contributed by atoms with E-state index in [1.165, 1.54) is 11.3 Å². The van der Waals surface area contributed by atoms with Crippen molar-refractivity contribution in [3.05, 3.63) is 23.0 Å². The third-order valence-corrected chi connectivity index (χ3v) is 4.48. The molecule has 1 unspecified atom stereocenters. The van der Waals surface area contributed by atoms with Gasteiger partial charge in [0.1, 0.15) is 11.5 Å². The highest BCUT2D eigenvalue weighted by atomic mass is 32.1. The Hall–Kier alpha value is -1.66. The Balaban J connectivity index is 1.70. The number of anilines is 1. The third-order valence-electron chi connectivity index (χ3n) is 3.72. The number of nitrogens with zero attached hydrogens (tertiary/aromatic N) is 1. The molecule has 21 heavy (non-hydrogen) atoms. The van der Waals surface area contributed by atoms with Gasteiger partial charge in [-0.15, -0.1) is 11.3 Å². The minimum Gasteiger partial charge on any atom is -0.466 e. The van der Waals surface area contributed by atoms with Gasteiger partial charge in [-0.25, -0.2) is 4.98 Å². The highest BCUT2D eigenvalue weighted by Crippen LogP contribution is 2.29. The predicted molar refractivity (Wildman–Crippen MR) is 83.5 cm³/mol. The molecular weight excluding hydrogens is 286 g/mol. The molecule has 0 radical (unpaired) electrons. The molecule has 5 nitrogen and oxygen atoms in total. The molecule has 2 N–H and O–H groups in total. The maximum absolute atomic E-state index is 12.2. The summed E-state index contributed by atoms with van der Waals surface area (Å²) in [6, 6.07) is 1.97. The lowest BCUT2D eigenvalue weighted by molar-refractivity contribution is -0.120. The molecule has 1 fully saturated rings. The first-order valence-electron chi connectivity index (χ1n) is 7.18. The van der Waals surface area contributed by atoms with E-state index in [4.69, 9.17) is 4.42 Å². The summed E-state index contributed by atoms with van der Waals surface area (Å²) >= 11 is 1.45. The van der Waals surface area contributed by atoms with Crippen LogP contribution in [0.3, 0.4) is 0 Å². The van der Waals surface area contributed by atoms with E-state index in [1.807, 2.05) is 25.3 Å². The van der Waals surface area contributed by atoms with Gasteiger partial charge in [-0.2, -0.15) is 0 Å². The van der Waals surface area contributed by atoms with Gasteiger partial charge >= 0.3 is 0 Å². The molecule has 0 spiro atoms. The Morgan fingerprint density at radius 2 is 2.38 bits per heavy atom. The second kappa shape index (κ2) is 5.99. The Labute approximate surface area is 127 Å². The van der Waals surface area contributed by atoms with Crippen molar-refractivity contribution in [3.8, 4) is 11.3 Å². The summed E-state index contributed by atoms with van der Waals surface area (Å²) < 4.78 is 5.52. The molecule has 6 heteroatoms. The number of hydrogen-bond acceptors (Lipinski definition) is 5. The molecule has 0 aliphatic carbocycles. The van der Waals surface area contributed by atoms with E-state index in [0.717, 1.165) is 48.7 Å². The first-order chi connectivity index (χ1) is 10.1. The topological polar surface area (TPSA) is 67.2 Å². The number of thiazole rings is 1. The molecule has 1 atom stereocenters. The number of carbonyl (C=O) groups excluding carboxylic acids is 1. The molecule has 112 valence electrons. The van der Waals surface area contributed by atoms with Crippen molar-refractivity contribution in [2.75, 3.05) is 18.4 Å². The van der Waals surface area contributed by atoms with E-state index < -0.39 is 0 Å². The van der Waals surface area contributed by atoms with E-state index in [2.05, 4.69) is 15.6 Å². The number of furan rings is 1. The Bertz CT molecular complexity index is 641. The largest absolute Gasteiger partial charge is 0.466 e. The number of aromatic nitrogens is 1. The number of aryl methyl sites for hydroxylation is 2. The summed E-state index contributed by atoms with van der Waals surface area (Å²) in [4.78, 5) is 16.7. The summed E-state index contributed by atoms with van der Waals surface area (Å²) in [6.07, 6.45) is 1.99. The highest BCUT2D eigenvalue weighted by molar-refractivity contribution is 7.14. The van der Waals surface area contributed by atoms with E-state index in [0.29, 0.717) is 5.13 Å². The fourth-order valence-corrected chi connectivity index (χ4v) is 3.34. The van der Waals surface area contributed by atoms with Crippen LogP contribution in [0.2, 0.25) is 0 Å². The van der Waals surface area contributed by atoms with Crippen LogP contribution in [0, 0.1) is 19.8 Å². The standard InChI is InChI=1S/C15H19N3O2S/c1-9-6-12(10(2)20-9)13-8-21-15(17-13)18-14(19)11-4-3-5-16-7-11/h6,8,11,16H,3-5,7H2,1-2H3,(H,17,18,19). The molecular formula is C15H19N3O2S. The van der Waals surface area contributed by atoms with Gasteiger partial charge in [0, 0.05) is 17.5 Å². The van der Waals surface area contributed by atoms with Crippen molar-refractivity contribution in [2.24, 2.45) is 5.92 Å². The number of piperidine rings is 1. The summed E-state index contributed by atoms with van der Waals surface area (Å²) in [5.41, 5.74) is 1.84. The second-order valence-electron chi connectivity index (χ2n) is 5.40. The Morgan fingerprint density at radius 1 is 1.52 bits per heavy atom. The first-order valence-corrected chi connectivity index (χ1v) is 8.06. The fraction of sp³-hybridized carbons (Fsp3) is 0.467. The molecule has 1 amide bonds. The lowest BCUT2D eigenvalue weighted by Gasteiger charge is -2.21. The Morgan fingerprint density at radius 3 is 3.05 bits per heavy atom. The predicted octanol–water partition coefficient (Wildman–Crippen LogP) is 2.96. The molecule has 1 saturated heterocycles. The van der Waals surface area contributed by atoms with E-state index in [1.54, 1.807) is 0 Å². The lowest BCUT2D eigenvalue weighted by Crippen LogP contribution is -2.37. The number of carbonyl (C=O) groups is 1. The van der Waals surface area contributed by atoms with Gasteiger partial charge in [0.15, 0.2) is 5.13 Å². The van der Waals surface area contributed by atoms with Crippen molar-refractivity contribution in [3.63, 3.8) is 0 Å².